The first-order chi connectivity index (χ1) is 10.1. The first-order valence-corrected chi connectivity index (χ1v) is 7.62. The summed E-state index contributed by atoms with van der Waals surface area (Å²) in [7, 11) is 0. The molecule has 21 heavy (non-hydrogen) atoms. The predicted molar refractivity (Wildman–Crippen MR) is 84.6 cm³/mol. The van der Waals surface area contributed by atoms with Crippen LogP contribution in [0.3, 0.4) is 0 Å². The highest BCUT2D eigenvalue weighted by molar-refractivity contribution is 5.49. The van der Waals surface area contributed by atoms with Gasteiger partial charge in [0.1, 0.15) is 5.82 Å². The SMILES string of the molecule is Cc1cc(NCCC(C)C)nc(N2CCN(C=O)CC2)n1. The van der Waals surface area contributed by atoms with Crippen LogP contribution in [0.4, 0.5) is 11.8 Å². The maximum Gasteiger partial charge on any atom is 0.227 e. The van der Waals surface area contributed by atoms with Crippen molar-refractivity contribution < 1.29 is 4.79 Å². The molecule has 1 aromatic rings. The molecule has 6 heteroatoms. The van der Waals surface area contributed by atoms with Crippen molar-refractivity contribution in [1.29, 1.82) is 0 Å². The highest BCUT2D eigenvalue weighted by atomic mass is 16.1. The highest BCUT2D eigenvalue weighted by Gasteiger charge is 2.18. The number of aromatic nitrogens is 2. The van der Waals surface area contributed by atoms with Crippen molar-refractivity contribution in [1.82, 2.24) is 14.9 Å². The fourth-order valence-corrected chi connectivity index (χ4v) is 2.30. The summed E-state index contributed by atoms with van der Waals surface area (Å²) in [5.74, 6) is 2.32. The van der Waals surface area contributed by atoms with Crippen molar-refractivity contribution in [3.05, 3.63) is 11.8 Å². The molecule has 1 N–H and O–H groups in total. The van der Waals surface area contributed by atoms with Crippen molar-refractivity contribution in [2.24, 2.45) is 5.92 Å². The lowest BCUT2D eigenvalue weighted by molar-refractivity contribution is -0.118. The zero-order valence-electron chi connectivity index (χ0n) is 13.2. The Morgan fingerprint density at radius 1 is 1.29 bits per heavy atom. The largest absolute Gasteiger partial charge is 0.370 e. The number of piperazine rings is 1. The van der Waals surface area contributed by atoms with Crippen LogP contribution in [-0.2, 0) is 4.79 Å². The molecule has 0 aromatic carbocycles. The molecule has 0 unspecified atom stereocenters. The topological polar surface area (TPSA) is 61.4 Å². The number of hydrogen-bond acceptors (Lipinski definition) is 5. The Balaban J connectivity index is 1.99. The lowest BCUT2D eigenvalue weighted by atomic mass is 10.1. The molecule has 0 saturated carbocycles. The monoisotopic (exact) mass is 291 g/mol. The van der Waals surface area contributed by atoms with Crippen LogP contribution in [0, 0.1) is 12.8 Å². The average Bonchev–Trinajstić information content (AvgIpc) is 2.46. The molecule has 1 fully saturated rings. The Kier molecular flexibility index (Phi) is 5.36. The molecule has 1 aliphatic rings. The van der Waals surface area contributed by atoms with Gasteiger partial charge in [-0.25, -0.2) is 4.98 Å². The molecule has 1 saturated heterocycles. The second-order valence-electron chi connectivity index (χ2n) is 5.93. The summed E-state index contributed by atoms with van der Waals surface area (Å²) in [4.78, 5) is 23.8. The summed E-state index contributed by atoms with van der Waals surface area (Å²) in [6.07, 6.45) is 2.03. The zero-order chi connectivity index (χ0) is 15.2. The molecule has 2 heterocycles. The molecule has 1 aromatic heterocycles. The molecule has 6 nitrogen and oxygen atoms in total. The van der Waals surface area contributed by atoms with Crippen molar-refractivity contribution in [3.8, 4) is 0 Å². The number of hydrogen-bond donors (Lipinski definition) is 1. The van der Waals surface area contributed by atoms with Gasteiger partial charge in [0.2, 0.25) is 12.4 Å². The molecule has 0 atom stereocenters. The predicted octanol–water partition coefficient (Wildman–Crippen LogP) is 1.52. The van der Waals surface area contributed by atoms with E-state index >= 15 is 0 Å². The molecule has 0 bridgehead atoms. The Hall–Kier alpha value is -1.85. The third kappa shape index (κ3) is 4.58. The normalized spacial score (nSPS) is 15.4. The molecule has 0 spiro atoms. The van der Waals surface area contributed by atoms with Crippen LogP contribution < -0.4 is 10.2 Å². The van der Waals surface area contributed by atoms with Gasteiger partial charge in [-0.2, -0.15) is 4.98 Å². The lowest BCUT2D eigenvalue weighted by Crippen LogP contribution is -2.46. The number of carbonyl (C=O) groups is 1. The van der Waals surface area contributed by atoms with Crippen LogP contribution >= 0.6 is 0 Å². The minimum Gasteiger partial charge on any atom is -0.370 e. The third-order valence-corrected chi connectivity index (χ3v) is 3.62. The van der Waals surface area contributed by atoms with Crippen molar-refractivity contribution in [2.75, 3.05) is 42.9 Å². The summed E-state index contributed by atoms with van der Waals surface area (Å²) in [5, 5.41) is 3.37. The van der Waals surface area contributed by atoms with Gasteiger partial charge in [-0.05, 0) is 19.3 Å². The van der Waals surface area contributed by atoms with E-state index in [1.165, 1.54) is 0 Å². The van der Waals surface area contributed by atoms with Crippen LogP contribution in [0.5, 0.6) is 0 Å². The minimum atomic E-state index is 0.677. The van der Waals surface area contributed by atoms with E-state index in [1.807, 2.05) is 13.0 Å². The summed E-state index contributed by atoms with van der Waals surface area (Å²) in [6.45, 7) is 10.4. The molecule has 1 aliphatic heterocycles. The smallest absolute Gasteiger partial charge is 0.227 e. The lowest BCUT2D eigenvalue weighted by Gasteiger charge is -2.32. The summed E-state index contributed by atoms with van der Waals surface area (Å²) in [5.41, 5.74) is 0.963. The summed E-state index contributed by atoms with van der Waals surface area (Å²) < 4.78 is 0. The van der Waals surface area contributed by atoms with E-state index in [2.05, 4.69) is 34.0 Å². The van der Waals surface area contributed by atoms with Gasteiger partial charge in [0, 0.05) is 44.5 Å². The van der Waals surface area contributed by atoms with E-state index in [9.17, 15) is 4.79 Å². The Labute approximate surface area is 126 Å². The van der Waals surface area contributed by atoms with E-state index < -0.39 is 0 Å². The number of nitrogens with one attached hydrogen (secondary N) is 1. The van der Waals surface area contributed by atoms with Crippen LogP contribution in [-0.4, -0.2) is 54.0 Å². The van der Waals surface area contributed by atoms with E-state index in [-0.39, 0.29) is 0 Å². The first kappa shape index (κ1) is 15.5. The number of anilines is 2. The Morgan fingerprint density at radius 2 is 2.00 bits per heavy atom. The van der Waals surface area contributed by atoms with Gasteiger partial charge < -0.3 is 15.1 Å². The van der Waals surface area contributed by atoms with Gasteiger partial charge in [-0.15, -0.1) is 0 Å². The highest BCUT2D eigenvalue weighted by Crippen LogP contribution is 2.15. The van der Waals surface area contributed by atoms with Crippen LogP contribution in [0.1, 0.15) is 26.0 Å². The zero-order valence-corrected chi connectivity index (χ0v) is 13.2. The Morgan fingerprint density at radius 3 is 2.62 bits per heavy atom. The van der Waals surface area contributed by atoms with Crippen LogP contribution in [0.2, 0.25) is 0 Å². The summed E-state index contributed by atoms with van der Waals surface area (Å²) in [6, 6.07) is 1.98. The van der Waals surface area contributed by atoms with Gasteiger partial charge >= 0.3 is 0 Å². The van der Waals surface area contributed by atoms with Gasteiger partial charge in [-0.3, -0.25) is 4.79 Å². The molecule has 116 valence electrons. The standard InChI is InChI=1S/C15H25N5O/c1-12(2)4-5-16-14-10-13(3)17-15(18-14)20-8-6-19(11-21)7-9-20/h10-12H,4-9H2,1-3H3,(H,16,17,18). The van der Waals surface area contributed by atoms with E-state index in [4.69, 9.17) is 0 Å². The second-order valence-corrected chi connectivity index (χ2v) is 5.93. The molecule has 0 aliphatic carbocycles. The number of carbonyl (C=O) groups excluding carboxylic acids is 1. The molecule has 2 rings (SSSR count). The van der Waals surface area contributed by atoms with Gasteiger partial charge in [0.05, 0.1) is 0 Å². The molecular formula is C15H25N5O. The van der Waals surface area contributed by atoms with Gasteiger partial charge in [0.25, 0.3) is 0 Å². The number of rotatable bonds is 6. The number of nitrogens with zero attached hydrogens (tertiary/aromatic N) is 4. The molecule has 1 amide bonds. The van der Waals surface area contributed by atoms with Gasteiger partial charge in [-0.1, -0.05) is 13.8 Å². The van der Waals surface area contributed by atoms with E-state index in [0.29, 0.717) is 5.92 Å². The van der Waals surface area contributed by atoms with Crippen molar-refractivity contribution in [2.45, 2.75) is 27.2 Å². The molecular weight excluding hydrogens is 266 g/mol. The van der Waals surface area contributed by atoms with Crippen molar-refractivity contribution >= 4 is 18.2 Å². The quantitative estimate of drug-likeness (QED) is 0.805. The van der Waals surface area contributed by atoms with E-state index in [0.717, 1.165) is 63.0 Å². The van der Waals surface area contributed by atoms with Crippen LogP contribution in [0.25, 0.3) is 0 Å². The van der Waals surface area contributed by atoms with Gasteiger partial charge in [0.15, 0.2) is 0 Å². The first-order valence-electron chi connectivity index (χ1n) is 7.62. The number of aryl methyl sites for hydroxylation is 1. The minimum absolute atomic E-state index is 0.677. The third-order valence-electron chi connectivity index (χ3n) is 3.62. The molecule has 0 radical (unpaired) electrons. The van der Waals surface area contributed by atoms with Crippen molar-refractivity contribution in [3.63, 3.8) is 0 Å². The fourth-order valence-electron chi connectivity index (χ4n) is 2.30. The maximum absolute atomic E-state index is 10.8. The maximum atomic E-state index is 10.8. The van der Waals surface area contributed by atoms with E-state index in [1.54, 1.807) is 4.90 Å². The number of amides is 1. The summed E-state index contributed by atoms with van der Waals surface area (Å²) >= 11 is 0. The average molecular weight is 291 g/mol. The Bertz CT molecular complexity index is 469. The van der Waals surface area contributed by atoms with Crippen LogP contribution in [0.15, 0.2) is 6.07 Å². The second kappa shape index (κ2) is 7.24. The fraction of sp³-hybridized carbons (Fsp3) is 0.667.